The highest BCUT2D eigenvalue weighted by molar-refractivity contribution is 5.70. The summed E-state index contributed by atoms with van der Waals surface area (Å²) >= 11 is 0. The Bertz CT molecular complexity index is 507. The van der Waals surface area contributed by atoms with E-state index in [0.29, 0.717) is 24.9 Å². The number of carbonyl (C=O) groups excluding carboxylic acids is 1. The summed E-state index contributed by atoms with van der Waals surface area (Å²) in [5, 5.41) is 10.6. The molecule has 0 bridgehead atoms. The maximum atomic E-state index is 12.0. The van der Waals surface area contributed by atoms with Gasteiger partial charge in [-0.05, 0) is 26.0 Å². The predicted octanol–water partition coefficient (Wildman–Crippen LogP) is 2.12. The maximum absolute atomic E-state index is 12.0. The average molecular weight is 293 g/mol. The van der Waals surface area contributed by atoms with Gasteiger partial charge < -0.3 is 9.64 Å². The molecule has 114 valence electrons. The number of hydrogen-bond donors (Lipinski definition) is 0. The summed E-state index contributed by atoms with van der Waals surface area (Å²) < 4.78 is 5.23. The van der Waals surface area contributed by atoms with Gasteiger partial charge >= 0.3 is 6.09 Å². The van der Waals surface area contributed by atoms with Crippen LogP contribution in [-0.2, 0) is 0 Å². The van der Waals surface area contributed by atoms with E-state index in [1.807, 2.05) is 0 Å². The molecule has 1 heterocycles. The summed E-state index contributed by atoms with van der Waals surface area (Å²) in [6, 6.07) is 5.97. The molecule has 1 saturated heterocycles. The number of nitro groups is 1. The Morgan fingerprint density at radius 3 is 2.24 bits per heavy atom. The lowest BCUT2D eigenvalue weighted by molar-refractivity contribution is -0.384. The number of nitro benzene ring substituents is 1. The van der Waals surface area contributed by atoms with Crippen molar-refractivity contribution in [3.63, 3.8) is 0 Å². The smallest absolute Gasteiger partial charge is 0.410 e. The van der Waals surface area contributed by atoms with Gasteiger partial charge in [-0.3, -0.25) is 15.0 Å². The standard InChI is InChI=1S/C14H19N3O4/c1-11(2)15-7-9-16(10-8-15)14(18)21-13-5-3-12(4-6-13)17(19)20/h3-6,11H,7-10H2,1-2H3. The number of rotatable bonds is 3. The molecule has 1 aromatic carbocycles. The Hall–Kier alpha value is -2.15. The molecule has 0 radical (unpaired) electrons. The number of nitrogens with zero attached hydrogens (tertiary/aromatic N) is 3. The quantitative estimate of drug-likeness (QED) is 0.630. The van der Waals surface area contributed by atoms with Crippen LogP contribution in [0.5, 0.6) is 5.75 Å². The highest BCUT2D eigenvalue weighted by Crippen LogP contribution is 2.18. The molecule has 1 fully saturated rings. The fraction of sp³-hybridized carbons (Fsp3) is 0.500. The van der Waals surface area contributed by atoms with Gasteiger partial charge in [-0.15, -0.1) is 0 Å². The predicted molar refractivity (Wildman–Crippen MR) is 77.4 cm³/mol. The van der Waals surface area contributed by atoms with Gasteiger partial charge in [0.25, 0.3) is 5.69 Å². The highest BCUT2D eigenvalue weighted by atomic mass is 16.6. The Balaban J connectivity index is 1.89. The van der Waals surface area contributed by atoms with Crippen LogP contribution >= 0.6 is 0 Å². The van der Waals surface area contributed by atoms with E-state index in [1.165, 1.54) is 24.3 Å². The molecule has 21 heavy (non-hydrogen) atoms. The molecule has 1 aliphatic rings. The fourth-order valence-corrected chi connectivity index (χ4v) is 2.22. The van der Waals surface area contributed by atoms with Gasteiger partial charge in [-0.2, -0.15) is 0 Å². The summed E-state index contributed by atoms with van der Waals surface area (Å²) in [6.07, 6.45) is -0.410. The molecule has 1 amide bonds. The zero-order chi connectivity index (χ0) is 15.4. The molecule has 0 spiro atoms. The molecule has 0 N–H and O–H groups in total. The number of benzene rings is 1. The molecule has 0 aromatic heterocycles. The summed E-state index contributed by atoms with van der Waals surface area (Å²) in [5.74, 6) is 0.317. The molecular formula is C14H19N3O4. The Morgan fingerprint density at radius 2 is 1.76 bits per heavy atom. The van der Waals surface area contributed by atoms with Crippen molar-refractivity contribution in [3.8, 4) is 5.75 Å². The van der Waals surface area contributed by atoms with Crippen LogP contribution in [0.4, 0.5) is 10.5 Å². The van der Waals surface area contributed by atoms with Crippen molar-refractivity contribution in [2.24, 2.45) is 0 Å². The summed E-state index contributed by atoms with van der Waals surface area (Å²) in [5.41, 5.74) is -0.0275. The monoisotopic (exact) mass is 293 g/mol. The lowest BCUT2D eigenvalue weighted by Gasteiger charge is -2.36. The van der Waals surface area contributed by atoms with Crippen LogP contribution in [-0.4, -0.2) is 53.0 Å². The van der Waals surface area contributed by atoms with Crippen LogP contribution in [0.2, 0.25) is 0 Å². The number of amides is 1. The Kier molecular flexibility index (Phi) is 4.74. The highest BCUT2D eigenvalue weighted by Gasteiger charge is 2.23. The van der Waals surface area contributed by atoms with Gasteiger partial charge in [0.05, 0.1) is 4.92 Å². The number of piperazine rings is 1. The van der Waals surface area contributed by atoms with Gasteiger partial charge in [0.2, 0.25) is 0 Å². The van der Waals surface area contributed by atoms with Crippen LogP contribution in [0.1, 0.15) is 13.8 Å². The SMILES string of the molecule is CC(C)N1CCN(C(=O)Oc2ccc([N+](=O)[O-])cc2)CC1. The molecule has 7 nitrogen and oxygen atoms in total. The summed E-state index contributed by atoms with van der Waals surface area (Å²) in [4.78, 5) is 26.0. The number of non-ortho nitro benzene ring substituents is 1. The van der Waals surface area contributed by atoms with Gasteiger partial charge in [0.1, 0.15) is 5.75 Å². The van der Waals surface area contributed by atoms with Crippen molar-refractivity contribution >= 4 is 11.8 Å². The van der Waals surface area contributed by atoms with Crippen LogP contribution in [0, 0.1) is 10.1 Å². The lowest BCUT2D eigenvalue weighted by Crippen LogP contribution is -2.51. The second-order valence-electron chi connectivity index (χ2n) is 5.24. The Morgan fingerprint density at radius 1 is 1.19 bits per heavy atom. The molecule has 1 aromatic rings. The summed E-state index contributed by atoms with van der Waals surface area (Å²) in [7, 11) is 0. The maximum Gasteiger partial charge on any atom is 0.415 e. The van der Waals surface area contributed by atoms with Crippen molar-refractivity contribution in [3.05, 3.63) is 34.4 Å². The minimum absolute atomic E-state index is 0.0275. The third-order valence-electron chi connectivity index (χ3n) is 3.56. The van der Waals surface area contributed by atoms with E-state index in [2.05, 4.69) is 18.7 Å². The van der Waals surface area contributed by atoms with Crippen molar-refractivity contribution in [1.29, 1.82) is 0 Å². The first-order valence-corrected chi connectivity index (χ1v) is 6.92. The van der Waals surface area contributed by atoms with E-state index in [-0.39, 0.29) is 5.69 Å². The van der Waals surface area contributed by atoms with Crippen LogP contribution in [0.25, 0.3) is 0 Å². The van der Waals surface area contributed by atoms with Crippen LogP contribution < -0.4 is 4.74 Å². The number of ether oxygens (including phenoxy) is 1. The molecule has 7 heteroatoms. The Labute approximate surface area is 123 Å². The second-order valence-corrected chi connectivity index (χ2v) is 5.24. The fourth-order valence-electron chi connectivity index (χ4n) is 2.22. The van der Waals surface area contributed by atoms with Gasteiger partial charge in [-0.1, -0.05) is 0 Å². The zero-order valence-corrected chi connectivity index (χ0v) is 12.2. The first-order valence-electron chi connectivity index (χ1n) is 6.92. The molecule has 0 atom stereocenters. The van der Waals surface area contributed by atoms with E-state index >= 15 is 0 Å². The first kappa shape index (κ1) is 15.2. The minimum atomic E-state index is -0.489. The summed E-state index contributed by atoms with van der Waals surface area (Å²) in [6.45, 7) is 7.17. The topological polar surface area (TPSA) is 75.9 Å². The van der Waals surface area contributed by atoms with E-state index in [0.717, 1.165) is 13.1 Å². The first-order chi connectivity index (χ1) is 9.97. The molecule has 0 aliphatic carbocycles. The third-order valence-corrected chi connectivity index (χ3v) is 3.56. The largest absolute Gasteiger partial charge is 0.415 e. The molecule has 0 saturated carbocycles. The van der Waals surface area contributed by atoms with Crippen LogP contribution in [0.15, 0.2) is 24.3 Å². The average Bonchev–Trinajstić information content (AvgIpc) is 2.47. The molecule has 0 unspecified atom stereocenters. The van der Waals surface area contributed by atoms with Crippen molar-refractivity contribution in [2.45, 2.75) is 19.9 Å². The molecule has 2 rings (SSSR count). The lowest BCUT2D eigenvalue weighted by atomic mass is 10.2. The van der Waals surface area contributed by atoms with Crippen LogP contribution in [0.3, 0.4) is 0 Å². The van der Waals surface area contributed by atoms with Crippen molar-refractivity contribution in [1.82, 2.24) is 9.80 Å². The normalized spacial score (nSPS) is 16.0. The zero-order valence-electron chi connectivity index (χ0n) is 12.2. The molecule has 1 aliphatic heterocycles. The number of hydrogen-bond acceptors (Lipinski definition) is 5. The van der Waals surface area contributed by atoms with Crippen molar-refractivity contribution in [2.75, 3.05) is 26.2 Å². The number of carbonyl (C=O) groups is 1. The van der Waals surface area contributed by atoms with E-state index < -0.39 is 11.0 Å². The third kappa shape index (κ3) is 3.91. The second kappa shape index (κ2) is 6.53. The van der Waals surface area contributed by atoms with E-state index in [1.54, 1.807) is 4.90 Å². The van der Waals surface area contributed by atoms with Gasteiger partial charge in [-0.25, -0.2) is 4.79 Å². The van der Waals surface area contributed by atoms with Gasteiger partial charge in [0.15, 0.2) is 0 Å². The van der Waals surface area contributed by atoms with Gasteiger partial charge in [0, 0.05) is 44.4 Å². The van der Waals surface area contributed by atoms with E-state index in [9.17, 15) is 14.9 Å². The minimum Gasteiger partial charge on any atom is -0.410 e. The molecular weight excluding hydrogens is 274 g/mol. The van der Waals surface area contributed by atoms with Crippen molar-refractivity contribution < 1.29 is 14.5 Å². The van der Waals surface area contributed by atoms with E-state index in [4.69, 9.17) is 4.74 Å².